The van der Waals surface area contributed by atoms with Gasteiger partial charge >= 0.3 is 0 Å². The SMILES string of the molecule is Cc1cc(C)c(C#N)c(Nc2c(F)cccc2F)n1. The average molecular weight is 259 g/mol. The standard InChI is InChI=1S/C14H11F2N3/c1-8-6-9(2)18-14(10(8)7-17)19-13-11(15)4-3-5-12(13)16/h3-6H,1-2H3,(H,18,19). The number of pyridine rings is 1. The second-order valence-electron chi connectivity index (χ2n) is 4.14. The summed E-state index contributed by atoms with van der Waals surface area (Å²) in [5.74, 6) is -1.31. The molecule has 96 valence electrons. The number of nitrogens with one attached hydrogen (secondary N) is 1. The van der Waals surface area contributed by atoms with Gasteiger partial charge in [-0.2, -0.15) is 5.26 Å². The quantitative estimate of drug-likeness (QED) is 0.896. The van der Waals surface area contributed by atoms with Crippen LogP contribution in [0.3, 0.4) is 0 Å². The van der Waals surface area contributed by atoms with Gasteiger partial charge in [0.05, 0.1) is 5.56 Å². The van der Waals surface area contributed by atoms with Crippen LogP contribution >= 0.6 is 0 Å². The molecule has 0 fully saturated rings. The van der Waals surface area contributed by atoms with Gasteiger partial charge in [-0.25, -0.2) is 13.8 Å². The van der Waals surface area contributed by atoms with Crippen molar-refractivity contribution in [2.24, 2.45) is 0 Å². The fourth-order valence-corrected chi connectivity index (χ4v) is 1.80. The molecule has 0 unspecified atom stereocenters. The molecule has 1 aromatic carbocycles. The van der Waals surface area contributed by atoms with Crippen molar-refractivity contribution in [1.82, 2.24) is 4.98 Å². The Morgan fingerprint density at radius 2 is 1.84 bits per heavy atom. The minimum Gasteiger partial charge on any atom is -0.334 e. The Labute approximate surface area is 109 Å². The summed E-state index contributed by atoms with van der Waals surface area (Å²) in [5.41, 5.74) is 1.33. The molecule has 0 aliphatic carbocycles. The van der Waals surface area contributed by atoms with E-state index < -0.39 is 11.6 Å². The van der Waals surface area contributed by atoms with E-state index in [0.717, 1.165) is 12.1 Å². The van der Waals surface area contributed by atoms with Crippen molar-refractivity contribution in [3.63, 3.8) is 0 Å². The molecule has 0 bridgehead atoms. The summed E-state index contributed by atoms with van der Waals surface area (Å²) >= 11 is 0. The molecular weight excluding hydrogens is 248 g/mol. The molecule has 0 aliphatic heterocycles. The van der Waals surface area contributed by atoms with Gasteiger partial charge in [-0.05, 0) is 37.6 Å². The number of para-hydroxylation sites is 1. The van der Waals surface area contributed by atoms with Crippen LogP contribution in [0.1, 0.15) is 16.8 Å². The first-order valence-electron chi connectivity index (χ1n) is 5.62. The molecule has 19 heavy (non-hydrogen) atoms. The van der Waals surface area contributed by atoms with E-state index in [0.29, 0.717) is 11.3 Å². The van der Waals surface area contributed by atoms with Crippen LogP contribution in [0.25, 0.3) is 0 Å². The lowest BCUT2D eigenvalue weighted by atomic mass is 10.1. The lowest BCUT2D eigenvalue weighted by molar-refractivity contribution is 0.590. The minimum absolute atomic E-state index is 0.156. The van der Waals surface area contributed by atoms with E-state index in [1.807, 2.05) is 6.07 Å². The van der Waals surface area contributed by atoms with Gasteiger partial charge in [0.15, 0.2) is 0 Å². The Bertz CT molecular complexity index is 655. The van der Waals surface area contributed by atoms with Crippen molar-refractivity contribution in [2.75, 3.05) is 5.32 Å². The largest absolute Gasteiger partial charge is 0.334 e. The maximum Gasteiger partial charge on any atom is 0.149 e. The first kappa shape index (κ1) is 13.0. The highest BCUT2D eigenvalue weighted by Gasteiger charge is 2.13. The summed E-state index contributed by atoms with van der Waals surface area (Å²) in [7, 11) is 0. The van der Waals surface area contributed by atoms with Crippen molar-refractivity contribution >= 4 is 11.5 Å². The number of nitrogens with zero attached hydrogens (tertiary/aromatic N) is 2. The van der Waals surface area contributed by atoms with E-state index in [1.54, 1.807) is 19.9 Å². The van der Waals surface area contributed by atoms with Crippen LogP contribution in [0.15, 0.2) is 24.3 Å². The summed E-state index contributed by atoms with van der Waals surface area (Å²) < 4.78 is 27.1. The third kappa shape index (κ3) is 2.52. The van der Waals surface area contributed by atoms with Gasteiger partial charge in [0, 0.05) is 5.69 Å². The van der Waals surface area contributed by atoms with Crippen LogP contribution in [0, 0.1) is 36.8 Å². The van der Waals surface area contributed by atoms with E-state index in [-0.39, 0.29) is 17.1 Å². The molecule has 0 spiro atoms. The normalized spacial score (nSPS) is 10.1. The third-order valence-corrected chi connectivity index (χ3v) is 2.66. The summed E-state index contributed by atoms with van der Waals surface area (Å²) in [5, 5.41) is 11.6. The highest BCUT2D eigenvalue weighted by molar-refractivity contribution is 5.65. The zero-order valence-corrected chi connectivity index (χ0v) is 10.5. The van der Waals surface area contributed by atoms with Crippen molar-refractivity contribution in [3.8, 4) is 6.07 Å². The van der Waals surface area contributed by atoms with Crippen LogP contribution in [0.4, 0.5) is 20.3 Å². The van der Waals surface area contributed by atoms with Crippen LogP contribution in [0.2, 0.25) is 0 Å². The Balaban J connectivity index is 2.53. The van der Waals surface area contributed by atoms with Crippen molar-refractivity contribution in [1.29, 1.82) is 5.26 Å². The number of halogens is 2. The number of aromatic nitrogens is 1. The molecule has 1 N–H and O–H groups in total. The van der Waals surface area contributed by atoms with Crippen LogP contribution in [0.5, 0.6) is 0 Å². The van der Waals surface area contributed by atoms with E-state index in [4.69, 9.17) is 5.26 Å². The number of benzene rings is 1. The molecular formula is C14H11F2N3. The van der Waals surface area contributed by atoms with Crippen molar-refractivity contribution in [2.45, 2.75) is 13.8 Å². The molecule has 2 rings (SSSR count). The number of nitriles is 1. The van der Waals surface area contributed by atoms with Crippen LogP contribution < -0.4 is 5.32 Å². The lowest BCUT2D eigenvalue weighted by Gasteiger charge is -2.11. The van der Waals surface area contributed by atoms with Gasteiger partial charge in [-0.1, -0.05) is 6.07 Å². The van der Waals surface area contributed by atoms with Crippen molar-refractivity contribution < 1.29 is 8.78 Å². The van der Waals surface area contributed by atoms with Gasteiger partial charge in [0.2, 0.25) is 0 Å². The number of anilines is 2. The van der Waals surface area contributed by atoms with E-state index in [2.05, 4.69) is 10.3 Å². The second-order valence-corrected chi connectivity index (χ2v) is 4.14. The first-order chi connectivity index (χ1) is 9.02. The first-order valence-corrected chi connectivity index (χ1v) is 5.62. The maximum absolute atomic E-state index is 13.6. The molecule has 1 aromatic heterocycles. The van der Waals surface area contributed by atoms with Crippen LogP contribution in [-0.2, 0) is 0 Å². The summed E-state index contributed by atoms with van der Waals surface area (Å²) in [6.45, 7) is 3.49. The fourth-order valence-electron chi connectivity index (χ4n) is 1.80. The highest BCUT2D eigenvalue weighted by Crippen LogP contribution is 2.25. The van der Waals surface area contributed by atoms with Crippen LogP contribution in [-0.4, -0.2) is 4.98 Å². The molecule has 5 heteroatoms. The van der Waals surface area contributed by atoms with E-state index in [9.17, 15) is 8.78 Å². The average Bonchev–Trinajstić information content (AvgIpc) is 2.33. The topological polar surface area (TPSA) is 48.7 Å². The Hall–Kier alpha value is -2.48. The predicted molar refractivity (Wildman–Crippen MR) is 68.1 cm³/mol. The monoisotopic (exact) mass is 259 g/mol. The molecule has 2 aromatic rings. The van der Waals surface area contributed by atoms with Gasteiger partial charge in [0.25, 0.3) is 0 Å². The summed E-state index contributed by atoms with van der Waals surface area (Å²) in [4.78, 5) is 4.12. The van der Waals surface area contributed by atoms with Gasteiger partial charge in [-0.15, -0.1) is 0 Å². The minimum atomic E-state index is -0.732. The Morgan fingerprint density at radius 1 is 1.21 bits per heavy atom. The fraction of sp³-hybridized carbons (Fsp3) is 0.143. The van der Waals surface area contributed by atoms with E-state index >= 15 is 0 Å². The molecule has 0 saturated carbocycles. The summed E-state index contributed by atoms with van der Waals surface area (Å²) in [6, 6.07) is 7.27. The zero-order chi connectivity index (χ0) is 14.0. The van der Waals surface area contributed by atoms with Gasteiger partial charge < -0.3 is 5.32 Å². The molecule has 0 aliphatic rings. The third-order valence-electron chi connectivity index (χ3n) is 2.66. The lowest BCUT2D eigenvalue weighted by Crippen LogP contribution is -2.04. The Kier molecular flexibility index (Phi) is 3.43. The maximum atomic E-state index is 13.6. The number of rotatable bonds is 2. The molecule has 0 saturated heterocycles. The van der Waals surface area contributed by atoms with Gasteiger partial charge in [0.1, 0.15) is 29.2 Å². The number of hydrogen-bond donors (Lipinski definition) is 1. The Morgan fingerprint density at radius 3 is 2.42 bits per heavy atom. The summed E-state index contributed by atoms with van der Waals surface area (Å²) in [6.07, 6.45) is 0. The molecule has 1 heterocycles. The second kappa shape index (κ2) is 5.02. The molecule has 0 atom stereocenters. The number of aryl methyl sites for hydroxylation is 2. The predicted octanol–water partition coefficient (Wildman–Crippen LogP) is 3.59. The zero-order valence-electron chi connectivity index (χ0n) is 10.5. The molecule has 3 nitrogen and oxygen atoms in total. The van der Waals surface area contributed by atoms with E-state index in [1.165, 1.54) is 6.07 Å². The van der Waals surface area contributed by atoms with Crippen molar-refractivity contribution in [3.05, 3.63) is 52.7 Å². The number of hydrogen-bond acceptors (Lipinski definition) is 3. The smallest absolute Gasteiger partial charge is 0.149 e. The molecule has 0 amide bonds. The highest BCUT2D eigenvalue weighted by atomic mass is 19.1. The van der Waals surface area contributed by atoms with Gasteiger partial charge in [-0.3, -0.25) is 0 Å². The molecule has 0 radical (unpaired) electrons.